The number of rotatable bonds is 7. The minimum atomic E-state index is -3.09. The summed E-state index contributed by atoms with van der Waals surface area (Å²) in [5, 5.41) is 12.7. The van der Waals surface area contributed by atoms with Gasteiger partial charge >= 0.3 is 5.97 Å². The molecular formula is C18H27NO5S. The quantitative estimate of drug-likeness (QED) is 0.767. The molecular weight excluding hydrogens is 342 g/mol. The third-order valence-electron chi connectivity index (χ3n) is 4.33. The number of fused-ring (bicyclic) bond motifs is 1. The molecule has 2 atom stereocenters. The number of hydrogen-bond donors (Lipinski definition) is 2. The average molecular weight is 369 g/mol. The van der Waals surface area contributed by atoms with E-state index in [1.54, 1.807) is 0 Å². The first kappa shape index (κ1) is 19.7. The Balaban J connectivity index is 2.18. The first-order chi connectivity index (χ1) is 11.5. The molecule has 1 aliphatic rings. The Morgan fingerprint density at radius 1 is 1.44 bits per heavy atom. The van der Waals surface area contributed by atoms with Crippen molar-refractivity contribution in [2.75, 3.05) is 12.0 Å². The van der Waals surface area contributed by atoms with Crippen molar-refractivity contribution >= 4 is 15.8 Å². The number of nitrogens with one attached hydrogen (secondary N) is 1. The molecule has 25 heavy (non-hydrogen) atoms. The van der Waals surface area contributed by atoms with Crippen LogP contribution < -0.4 is 10.1 Å². The topological polar surface area (TPSA) is 92.7 Å². The van der Waals surface area contributed by atoms with Crippen LogP contribution in [0.4, 0.5) is 0 Å². The van der Waals surface area contributed by atoms with Crippen LogP contribution >= 0.6 is 0 Å². The summed E-state index contributed by atoms with van der Waals surface area (Å²) in [6.45, 7) is 5.94. The maximum Gasteiger partial charge on any atom is 0.320 e. The zero-order chi connectivity index (χ0) is 18.8. The summed E-state index contributed by atoms with van der Waals surface area (Å²) in [7, 11) is -3.09. The Morgan fingerprint density at radius 2 is 2.12 bits per heavy atom. The van der Waals surface area contributed by atoms with Gasteiger partial charge in [-0.15, -0.1) is 0 Å². The van der Waals surface area contributed by atoms with Gasteiger partial charge in [-0.1, -0.05) is 17.7 Å². The molecule has 6 nitrogen and oxygen atoms in total. The lowest BCUT2D eigenvalue weighted by atomic mass is 9.88. The van der Waals surface area contributed by atoms with Crippen LogP contribution in [-0.2, 0) is 14.6 Å². The van der Waals surface area contributed by atoms with Crippen LogP contribution in [0.15, 0.2) is 18.2 Å². The molecule has 0 aromatic heterocycles. The van der Waals surface area contributed by atoms with E-state index in [9.17, 15) is 18.3 Å². The maximum atomic E-state index is 11.6. The lowest BCUT2D eigenvalue weighted by Crippen LogP contribution is -2.45. The Kier molecular flexibility index (Phi) is 5.79. The third-order valence-corrected chi connectivity index (χ3v) is 5.36. The molecule has 0 spiro atoms. The van der Waals surface area contributed by atoms with Gasteiger partial charge in [-0.25, -0.2) is 8.42 Å². The van der Waals surface area contributed by atoms with Gasteiger partial charge in [0.15, 0.2) is 0 Å². The number of carboxylic acid groups (broad SMARTS) is 1. The van der Waals surface area contributed by atoms with Gasteiger partial charge in [-0.05, 0) is 39.7 Å². The molecule has 0 amide bonds. The van der Waals surface area contributed by atoms with Crippen LogP contribution in [0.2, 0.25) is 0 Å². The fourth-order valence-electron chi connectivity index (χ4n) is 3.19. The Morgan fingerprint density at radius 3 is 2.72 bits per heavy atom. The normalized spacial score (nSPS) is 20.4. The summed E-state index contributed by atoms with van der Waals surface area (Å²) in [4.78, 5) is 11.6. The van der Waals surface area contributed by atoms with Crippen molar-refractivity contribution < 1.29 is 23.1 Å². The lowest BCUT2D eigenvalue weighted by Gasteiger charge is -2.39. The summed E-state index contributed by atoms with van der Waals surface area (Å²) in [5.74, 6) is -0.209. The molecule has 0 bridgehead atoms. The summed E-state index contributed by atoms with van der Waals surface area (Å²) in [6.07, 6.45) is 2.38. The minimum absolute atomic E-state index is 0.00652. The predicted octanol–water partition coefficient (Wildman–Crippen LogP) is 2.46. The van der Waals surface area contributed by atoms with E-state index in [0.29, 0.717) is 12.8 Å². The van der Waals surface area contributed by atoms with Crippen molar-refractivity contribution in [2.24, 2.45) is 0 Å². The molecule has 2 rings (SSSR count). The van der Waals surface area contributed by atoms with Crippen molar-refractivity contribution in [1.29, 1.82) is 0 Å². The molecule has 1 aromatic rings. The minimum Gasteiger partial charge on any atom is -0.487 e. The lowest BCUT2D eigenvalue weighted by molar-refractivity contribution is -0.140. The van der Waals surface area contributed by atoms with Crippen molar-refractivity contribution in [3.05, 3.63) is 29.3 Å². The number of aliphatic carboxylic acids is 1. The van der Waals surface area contributed by atoms with Gasteiger partial charge in [0.2, 0.25) is 0 Å². The van der Waals surface area contributed by atoms with E-state index in [-0.39, 0.29) is 18.2 Å². The number of aryl methyl sites for hydroxylation is 1. The third kappa shape index (κ3) is 5.71. The molecule has 0 saturated carbocycles. The molecule has 0 aliphatic carbocycles. The van der Waals surface area contributed by atoms with Crippen LogP contribution in [-0.4, -0.2) is 43.1 Å². The molecule has 0 fully saturated rings. The van der Waals surface area contributed by atoms with E-state index in [2.05, 4.69) is 5.32 Å². The van der Waals surface area contributed by atoms with Gasteiger partial charge in [0.25, 0.3) is 0 Å². The number of carbonyl (C=O) groups is 1. The smallest absolute Gasteiger partial charge is 0.320 e. The van der Waals surface area contributed by atoms with E-state index in [0.717, 1.165) is 23.1 Å². The highest BCUT2D eigenvalue weighted by Gasteiger charge is 2.35. The van der Waals surface area contributed by atoms with Crippen molar-refractivity contribution in [2.45, 2.75) is 57.7 Å². The van der Waals surface area contributed by atoms with E-state index in [1.807, 2.05) is 39.0 Å². The monoisotopic (exact) mass is 369 g/mol. The van der Waals surface area contributed by atoms with Gasteiger partial charge in [-0.2, -0.15) is 0 Å². The molecule has 0 saturated heterocycles. The molecule has 7 heteroatoms. The second kappa shape index (κ2) is 7.33. The van der Waals surface area contributed by atoms with Gasteiger partial charge in [-0.3, -0.25) is 10.1 Å². The van der Waals surface area contributed by atoms with Crippen LogP contribution in [0, 0.1) is 6.92 Å². The van der Waals surface area contributed by atoms with E-state index >= 15 is 0 Å². The van der Waals surface area contributed by atoms with E-state index < -0.39 is 27.4 Å². The van der Waals surface area contributed by atoms with Crippen molar-refractivity contribution in [1.82, 2.24) is 5.32 Å². The Labute approximate surface area is 149 Å². The van der Waals surface area contributed by atoms with E-state index in [1.165, 1.54) is 0 Å². The molecule has 2 unspecified atom stereocenters. The molecule has 0 radical (unpaired) electrons. The largest absolute Gasteiger partial charge is 0.487 e. The highest BCUT2D eigenvalue weighted by molar-refractivity contribution is 7.90. The van der Waals surface area contributed by atoms with Crippen molar-refractivity contribution in [3.63, 3.8) is 0 Å². The number of benzene rings is 1. The summed E-state index contributed by atoms with van der Waals surface area (Å²) < 4.78 is 28.6. The van der Waals surface area contributed by atoms with Crippen LogP contribution in [0.3, 0.4) is 0 Å². The molecule has 140 valence electrons. The average Bonchev–Trinajstić information content (AvgIpc) is 2.44. The Hall–Kier alpha value is -1.60. The molecule has 1 heterocycles. The van der Waals surface area contributed by atoms with E-state index in [4.69, 9.17) is 4.74 Å². The first-order valence-electron chi connectivity index (χ1n) is 8.43. The number of sulfone groups is 1. The van der Waals surface area contributed by atoms with Crippen molar-refractivity contribution in [3.8, 4) is 5.75 Å². The fourth-order valence-corrected chi connectivity index (χ4v) is 3.88. The van der Waals surface area contributed by atoms with Gasteiger partial charge < -0.3 is 9.84 Å². The standard InChI is InChI=1S/C18H27NO5S/c1-12-7-8-16-13(10-12)15(11-18(2,3)24-16)19-14(17(20)21)6-5-9-25(4,22)23/h7-8,10,14-15,19H,5-6,9,11H2,1-4H3,(H,20,21). The zero-order valence-corrected chi connectivity index (χ0v) is 16.0. The number of ether oxygens (including phenoxy) is 1. The van der Waals surface area contributed by atoms with Gasteiger partial charge in [0.1, 0.15) is 27.2 Å². The fraction of sp³-hybridized carbons (Fsp3) is 0.611. The Bertz CT molecular complexity index is 742. The highest BCUT2D eigenvalue weighted by Crippen LogP contribution is 2.40. The summed E-state index contributed by atoms with van der Waals surface area (Å²) in [6, 6.07) is 4.95. The second-order valence-electron chi connectivity index (χ2n) is 7.49. The van der Waals surface area contributed by atoms with Gasteiger partial charge in [0.05, 0.1) is 0 Å². The number of carboxylic acids is 1. The number of hydrogen-bond acceptors (Lipinski definition) is 5. The molecule has 1 aromatic carbocycles. The van der Waals surface area contributed by atoms with Crippen LogP contribution in [0.25, 0.3) is 0 Å². The predicted molar refractivity (Wildman–Crippen MR) is 96.7 cm³/mol. The molecule has 2 N–H and O–H groups in total. The zero-order valence-electron chi connectivity index (χ0n) is 15.2. The highest BCUT2D eigenvalue weighted by atomic mass is 32.2. The molecule has 1 aliphatic heterocycles. The summed E-state index contributed by atoms with van der Waals surface area (Å²) in [5.41, 5.74) is 1.63. The van der Waals surface area contributed by atoms with Gasteiger partial charge in [0, 0.05) is 30.0 Å². The summed E-state index contributed by atoms with van der Waals surface area (Å²) >= 11 is 0. The maximum absolute atomic E-state index is 11.6. The van der Waals surface area contributed by atoms with Crippen LogP contribution in [0.5, 0.6) is 5.75 Å². The SMILES string of the molecule is Cc1ccc2c(c1)C(NC(CCCS(C)(=O)=O)C(=O)O)CC(C)(C)O2. The van der Waals surface area contributed by atoms with Crippen LogP contribution in [0.1, 0.15) is 50.3 Å². The first-order valence-corrected chi connectivity index (χ1v) is 10.5. The second-order valence-corrected chi connectivity index (χ2v) is 9.75.